The largest absolute Gasteiger partial charge is 0.486 e. The molecule has 28 heavy (non-hydrogen) atoms. The van der Waals surface area contributed by atoms with E-state index in [-0.39, 0.29) is 11.9 Å². The molecule has 0 fully saturated rings. The fourth-order valence-electron chi connectivity index (χ4n) is 3.96. The van der Waals surface area contributed by atoms with Crippen LogP contribution in [0.2, 0.25) is 0 Å². The zero-order chi connectivity index (χ0) is 19.2. The van der Waals surface area contributed by atoms with E-state index in [9.17, 15) is 4.79 Å². The summed E-state index contributed by atoms with van der Waals surface area (Å²) in [6, 6.07) is 27.0. The molecule has 0 amide bonds. The molecule has 2 nitrogen and oxygen atoms in total. The number of hydrogen-bond donors (Lipinski definition) is 0. The van der Waals surface area contributed by atoms with Crippen molar-refractivity contribution in [3.63, 3.8) is 0 Å². The molecule has 0 saturated carbocycles. The quantitative estimate of drug-likeness (QED) is 0.484. The standard InChI is InChI=1S/C26H26O2/c27-25-15-8-14-22-19-23(17-18-24(22)25)28-26(21-12-5-2-6-13-21)16-7-11-20-9-3-1-4-10-20/h1-6,9-10,12-13,17-19,26H,7-8,11,14-16H2. The van der Waals surface area contributed by atoms with Gasteiger partial charge in [0.25, 0.3) is 0 Å². The van der Waals surface area contributed by atoms with Crippen molar-refractivity contribution in [1.29, 1.82) is 0 Å². The van der Waals surface area contributed by atoms with Crippen LogP contribution in [0.1, 0.15) is 58.8 Å². The number of carbonyl (C=O) groups is 1. The number of aryl methyl sites for hydroxylation is 2. The van der Waals surface area contributed by atoms with Crippen LogP contribution in [0.4, 0.5) is 0 Å². The summed E-state index contributed by atoms with van der Waals surface area (Å²) >= 11 is 0. The number of benzene rings is 3. The average Bonchev–Trinajstić information content (AvgIpc) is 2.74. The van der Waals surface area contributed by atoms with Crippen LogP contribution >= 0.6 is 0 Å². The lowest BCUT2D eigenvalue weighted by Crippen LogP contribution is -2.12. The first kappa shape index (κ1) is 18.5. The third-order valence-corrected chi connectivity index (χ3v) is 5.45. The van der Waals surface area contributed by atoms with Gasteiger partial charge in [0.15, 0.2) is 5.78 Å². The van der Waals surface area contributed by atoms with Crippen molar-refractivity contribution >= 4 is 5.78 Å². The first-order chi connectivity index (χ1) is 13.8. The fourth-order valence-corrected chi connectivity index (χ4v) is 3.96. The minimum Gasteiger partial charge on any atom is -0.486 e. The van der Waals surface area contributed by atoms with Crippen molar-refractivity contribution < 1.29 is 9.53 Å². The molecule has 0 aromatic heterocycles. The van der Waals surface area contributed by atoms with Gasteiger partial charge in [0.2, 0.25) is 0 Å². The van der Waals surface area contributed by atoms with E-state index in [1.807, 2.05) is 18.2 Å². The molecule has 0 N–H and O–H groups in total. The van der Waals surface area contributed by atoms with Crippen LogP contribution in [0.15, 0.2) is 78.9 Å². The summed E-state index contributed by atoms with van der Waals surface area (Å²) < 4.78 is 6.43. The van der Waals surface area contributed by atoms with Gasteiger partial charge < -0.3 is 4.74 Å². The number of ether oxygens (including phenoxy) is 1. The first-order valence-corrected chi connectivity index (χ1v) is 10.2. The van der Waals surface area contributed by atoms with E-state index < -0.39 is 0 Å². The predicted molar refractivity (Wildman–Crippen MR) is 113 cm³/mol. The van der Waals surface area contributed by atoms with Gasteiger partial charge in [-0.25, -0.2) is 0 Å². The van der Waals surface area contributed by atoms with Gasteiger partial charge in [-0.15, -0.1) is 0 Å². The topological polar surface area (TPSA) is 26.3 Å². The lowest BCUT2D eigenvalue weighted by atomic mass is 9.90. The van der Waals surface area contributed by atoms with Crippen molar-refractivity contribution in [2.24, 2.45) is 0 Å². The molecule has 3 aromatic rings. The lowest BCUT2D eigenvalue weighted by Gasteiger charge is -2.22. The van der Waals surface area contributed by atoms with Crippen LogP contribution in [0.3, 0.4) is 0 Å². The van der Waals surface area contributed by atoms with Crippen molar-refractivity contribution in [1.82, 2.24) is 0 Å². The van der Waals surface area contributed by atoms with Crippen LogP contribution < -0.4 is 4.74 Å². The van der Waals surface area contributed by atoms with Crippen molar-refractivity contribution in [2.45, 2.75) is 44.6 Å². The van der Waals surface area contributed by atoms with Crippen molar-refractivity contribution in [3.8, 4) is 5.75 Å². The summed E-state index contributed by atoms with van der Waals surface area (Å²) in [5, 5.41) is 0. The van der Waals surface area contributed by atoms with Crippen LogP contribution in [-0.2, 0) is 12.8 Å². The van der Waals surface area contributed by atoms with Crippen molar-refractivity contribution in [3.05, 3.63) is 101 Å². The number of carbonyl (C=O) groups excluding carboxylic acids is 1. The number of fused-ring (bicyclic) bond motifs is 1. The molecule has 0 saturated heterocycles. The van der Waals surface area contributed by atoms with Gasteiger partial charge in [0.05, 0.1) is 0 Å². The maximum absolute atomic E-state index is 12.1. The molecule has 1 aliphatic rings. The molecule has 0 radical (unpaired) electrons. The van der Waals surface area contributed by atoms with Crippen LogP contribution in [0.25, 0.3) is 0 Å². The first-order valence-electron chi connectivity index (χ1n) is 10.2. The molecule has 1 atom stereocenters. The SMILES string of the molecule is O=C1CCCc2cc(OC(CCCc3ccccc3)c3ccccc3)ccc21. The third-order valence-electron chi connectivity index (χ3n) is 5.45. The van der Waals surface area contributed by atoms with Crippen LogP contribution in [0.5, 0.6) is 5.75 Å². The second-order valence-corrected chi connectivity index (χ2v) is 7.49. The van der Waals surface area contributed by atoms with Gasteiger partial charge in [-0.05, 0) is 67.0 Å². The Labute approximate surface area is 167 Å². The minimum atomic E-state index is 0.0160. The lowest BCUT2D eigenvalue weighted by molar-refractivity contribution is 0.0972. The highest BCUT2D eigenvalue weighted by Crippen LogP contribution is 2.30. The summed E-state index contributed by atoms with van der Waals surface area (Å²) in [6.45, 7) is 0. The molecular formula is C26H26O2. The monoisotopic (exact) mass is 370 g/mol. The van der Waals surface area contributed by atoms with E-state index in [1.165, 1.54) is 11.1 Å². The molecule has 0 aliphatic heterocycles. The molecule has 1 aliphatic carbocycles. The van der Waals surface area contributed by atoms with E-state index in [2.05, 4.69) is 60.7 Å². The van der Waals surface area contributed by atoms with E-state index in [1.54, 1.807) is 0 Å². The van der Waals surface area contributed by atoms with Crippen molar-refractivity contribution in [2.75, 3.05) is 0 Å². The Hall–Kier alpha value is -2.87. The van der Waals surface area contributed by atoms with Gasteiger partial charge in [0, 0.05) is 12.0 Å². The Bertz CT molecular complexity index is 916. The summed E-state index contributed by atoms with van der Waals surface area (Å²) in [4.78, 5) is 12.1. The molecule has 0 heterocycles. The number of hydrogen-bond acceptors (Lipinski definition) is 2. The van der Waals surface area contributed by atoms with Gasteiger partial charge in [0.1, 0.15) is 11.9 Å². The Balaban J connectivity index is 1.48. The molecule has 4 rings (SSSR count). The fraction of sp³-hybridized carbons (Fsp3) is 0.269. The van der Waals surface area contributed by atoms with Gasteiger partial charge in [-0.2, -0.15) is 0 Å². The molecule has 142 valence electrons. The molecule has 1 unspecified atom stereocenters. The van der Waals surface area contributed by atoms with E-state index in [0.717, 1.165) is 49.0 Å². The molecule has 3 aromatic carbocycles. The smallest absolute Gasteiger partial charge is 0.163 e. The highest BCUT2D eigenvalue weighted by atomic mass is 16.5. The Morgan fingerprint density at radius 1 is 0.857 bits per heavy atom. The number of ketones is 1. The highest BCUT2D eigenvalue weighted by molar-refractivity contribution is 5.98. The average molecular weight is 370 g/mol. The second-order valence-electron chi connectivity index (χ2n) is 7.49. The Morgan fingerprint density at radius 2 is 1.61 bits per heavy atom. The van der Waals surface area contributed by atoms with Crippen LogP contribution in [0, 0.1) is 0 Å². The second kappa shape index (κ2) is 8.88. The summed E-state index contributed by atoms with van der Waals surface area (Å²) in [5.74, 6) is 1.12. The molecular weight excluding hydrogens is 344 g/mol. The molecule has 0 bridgehead atoms. The van der Waals surface area contributed by atoms with Crippen LogP contribution in [-0.4, -0.2) is 5.78 Å². The normalized spacial score (nSPS) is 14.4. The summed E-state index contributed by atoms with van der Waals surface area (Å²) in [6.07, 6.45) is 5.65. The number of rotatable bonds is 7. The predicted octanol–water partition coefficient (Wildman–Crippen LogP) is 6.35. The maximum atomic E-state index is 12.1. The molecule has 0 spiro atoms. The van der Waals surface area contributed by atoms with Gasteiger partial charge in [-0.1, -0.05) is 60.7 Å². The van der Waals surface area contributed by atoms with Gasteiger partial charge in [-0.3, -0.25) is 4.79 Å². The van der Waals surface area contributed by atoms with E-state index in [4.69, 9.17) is 4.74 Å². The van der Waals surface area contributed by atoms with E-state index in [0.29, 0.717) is 6.42 Å². The van der Waals surface area contributed by atoms with E-state index >= 15 is 0 Å². The minimum absolute atomic E-state index is 0.0160. The Kier molecular flexibility index (Phi) is 5.86. The zero-order valence-corrected chi connectivity index (χ0v) is 16.1. The highest BCUT2D eigenvalue weighted by Gasteiger charge is 2.19. The zero-order valence-electron chi connectivity index (χ0n) is 16.1. The number of Topliss-reactive ketones (excluding diaryl/α,β-unsaturated/α-hetero) is 1. The summed E-state index contributed by atoms with van der Waals surface area (Å²) in [5.41, 5.74) is 4.56. The molecule has 2 heteroatoms. The Morgan fingerprint density at radius 3 is 2.39 bits per heavy atom. The van der Waals surface area contributed by atoms with Gasteiger partial charge >= 0.3 is 0 Å². The summed E-state index contributed by atoms with van der Waals surface area (Å²) in [7, 11) is 0. The third kappa shape index (κ3) is 4.51. The maximum Gasteiger partial charge on any atom is 0.163 e.